The molecule has 0 aliphatic carbocycles. The van der Waals surface area contributed by atoms with Crippen molar-refractivity contribution in [1.82, 2.24) is 30.3 Å². The number of hydrogen-bond acceptors (Lipinski definition) is 6. The van der Waals surface area contributed by atoms with Crippen molar-refractivity contribution >= 4 is 6.08 Å². The second kappa shape index (κ2) is 9.64. The van der Waals surface area contributed by atoms with Crippen LogP contribution in [0.2, 0.25) is 0 Å². The fraction of sp³-hybridized carbons (Fsp3) is 0.360. The Morgan fingerprint density at radius 2 is 2.03 bits per heavy atom. The number of aromatic nitrogens is 3. The molecule has 2 unspecified atom stereocenters. The maximum absolute atomic E-state index is 13.7. The van der Waals surface area contributed by atoms with E-state index in [-0.39, 0.29) is 17.9 Å². The first kappa shape index (κ1) is 24.4. The van der Waals surface area contributed by atoms with E-state index >= 15 is 0 Å². The van der Waals surface area contributed by atoms with E-state index in [4.69, 9.17) is 4.74 Å². The zero-order chi connectivity index (χ0) is 25.4. The van der Waals surface area contributed by atoms with Crippen LogP contribution in [0.5, 0.6) is 5.88 Å². The molecule has 2 aromatic heterocycles. The zero-order valence-corrected chi connectivity index (χ0v) is 19.8. The van der Waals surface area contributed by atoms with Gasteiger partial charge in [-0.15, -0.1) is 0 Å². The van der Waals surface area contributed by atoms with E-state index < -0.39 is 23.5 Å². The number of nitrogens with zero attached hydrogens (tertiary/aromatic N) is 4. The lowest BCUT2D eigenvalue weighted by Gasteiger charge is -2.36. The van der Waals surface area contributed by atoms with Crippen LogP contribution in [0.3, 0.4) is 0 Å². The van der Waals surface area contributed by atoms with E-state index in [2.05, 4.69) is 20.7 Å². The van der Waals surface area contributed by atoms with Gasteiger partial charge in [-0.1, -0.05) is 6.07 Å². The molecule has 11 heteroatoms. The van der Waals surface area contributed by atoms with Gasteiger partial charge in [-0.05, 0) is 61.7 Å². The first-order valence-corrected chi connectivity index (χ1v) is 11.6. The van der Waals surface area contributed by atoms with Crippen LogP contribution in [0.25, 0.3) is 11.8 Å². The second-order valence-corrected chi connectivity index (χ2v) is 8.94. The molecule has 190 valence electrons. The zero-order valence-electron chi connectivity index (χ0n) is 19.8. The van der Waals surface area contributed by atoms with Gasteiger partial charge < -0.3 is 9.30 Å². The van der Waals surface area contributed by atoms with E-state index in [0.29, 0.717) is 30.6 Å². The van der Waals surface area contributed by atoms with Crippen LogP contribution >= 0.6 is 0 Å². The molecule has 2 N–H and O–H groups in total. The number of rotatable bonds is 5. The number of halogens is 4. The van der Waals surface area contributed by atoms with Gasteiger partial charge in [0.1, 0.15) is 11.5 Å². The van der Waals surface area contributed by atoms with Crippen molar-refractivity contribution in [2.24, 2.45) is 0 Å². The number of ether oxygens (including phenoxy) is 1. The lowest BCUT2D eigenvalue weighted by atomic mass is 9.85. The fourth-order valence-electron chi connectivity index (χ4n) is 4.90. The maximum atomic E-state index is 13.7. The number of hydrogen-bond donors (Lipinski definition) is 2. The van der Waals surface area contributed by atoms with Crippen molar-refractivity contribution in [2.45, 2.75) is 44.2 Å². The average Bonchev–Trinajstić information content (AvgIpc) is 3.47. The van der Waals surface area contributed by atoms with E-state index in [1.807, 2.05) is 47.0 Å². The molecule has 2 saturated heterocycles. The Bertz CT molecular complexity index is 1270. The number of nitrogens with one attached hydrogen (secondary N) is 2. The molecule has 0 spiro atoms. The van der Waals surface area contributed by atoms with E-state index in [9.17, 15) is 17.6 Å². The van der Waals surface area contributed by atoms with Gasteiger partial charge in [-0.25, -0.2) is 24.8 Å². The smallest absolute Gasteiger partial charge is 0.416 e. The highest BCUT2D eigenvalue weighted by molar-refractivity contribution is 5.52. The van der Waals surface area contributed by atoms with Crippen molar-refractivity contribution < 1.29 is 22.3 Å². The van der Waals surface area contributed by atoms with Crippen LogP contribution < -0.4 is 15.5 Å². The van der Waals surface area contributed by atoms with E-state index in [0.717, 1.165) is 23.9 Å². The summed E-state index contributed by atoms with van der Waals surface area (Å²) in [7, 11) is 1.55. The van der Waals surface area contributed by atoms with Crippen LogP contribution in [0.1, 0.15) is 41.3 Å². The number of benzene rings is 1. The lowest BCUT2D eigenvalue weighted by Crippen LogP contribution is -2.47. The molecule has 7 nitrogen and oxygen atoms in total. The van der Waals surface area contributed by atoms with Gasteiger partial charge in [0.2, 0.25) is 5.88 Å². The largest absolute Gasteiger partial charge is 0.479 e. The summed E-state index contributed by atoms with van der Waals surface area (Å²) in [6, 6.07) is 6.67. The quantitative estimate of drug-likeness (QED) is 0.505. The number of piperidine rings is 1. The van der Waals surface area contributed by atoms with Crippen LogP contribution in [0, 0.1) is 12.7 Å². The van der Waals surface area contributed by atoms with Gasteiger partial charge in [-0.3, -0.25) is 5.32 Å². The molecule has 2 aliphatic rings. The first-order chi connectivity index (χ1) is 17.2. The average molecular weight is 503 g/mol. The highest BCUT2D eigenvalue weighted by Crippen LogP contribution is 2.41. The van der Waals surface area contributed by atoms with Crippen LogP contribution in [0.4, 0.5) is 17.6 Å². The molecule has 2 aliphatic heterocycles. The summed E-state index contributed by atoms with van der Waals surface area (Å²) in [5.74, 6) is -0.900. The SMILES string of the molecule is COc1nc(C=CC2NC3[C@@H](c4ccc(F)cc4C(F)(F)F)CCCN3N2)ccc1-n1cnc(C)c1. The number of methoxy groups -OCH3 is 1. The van der Waals surface area contributed by atoms with Crippen LogP contribution in [-0.2, 0) is 6.18 Å². The molecule has 0 radical (unpaired) electrons. The standard InChI is InChI=1S/C25H26F4N6O/c1-15-13-34(14-30-15)21-9-6-17(31-24(21)36-2)7-10-22-32-23-19(4-3-11-35(23)33-22)18-8-5-16(26)12-20(18)25(27,28)29/h5-10,12-14,19,22-23,32-33H,3-4,11H2,1-2H3/t19-,22?,23?/m1/s1. The molecular weight excluding hydrogens is 476 g/mol. The molecule has 2 fully saturated rings. The van der Waals surface area contributed by atoms with Gasteiger partial charge in [-0.2, -0.15) is 13.2 Å². The summed E-state index contributed by atoms with van der Waals surface area (Å²) < 4.78 is 61.9. The Morgan fingerprint density at radius 1 is 1.19 bits per heavy atom. The minimum atomic E-state index is -4.63. The van der Waals surface area contributed by atoms with Crippen molar-refractivity contribution in [2.75, 3.05) is 13.7 Å². The molecule has 0 bridgehead atoms. The van der Waals surface area contributed by atoms with Crippen molar-refractivity contribution in [1.29, 1.82) is 0 Å². The third-order valence-electron chi connectivity index (χ3n) is 6.51. The summed E-state index contributed by atoms with van der Waals surface area (Å²) in [5.41, 5.74) is 4.79. The van der Waals surface area contributed by atoms with Gasteiger partial charge in [0, 0.05) is 18.7 Å². The number of alkyl halides is 3. The maximum Gasteiger partial charge on any atom is 0.416 e. The molecule has 0 amide bonds. The third-order valence-corrected chi connectivity index (χ3v) is 6.51. The van der Waals surface area contributed by atoms with Gasteiger partial charge >= 0.3 is 6.18 Å². The normalized spacial score (nSPS) is 22.8. The summed E-state index contributed by atoms with van der Waals surface area (Å²) in [6.07, 6.45) is 3.23. The summed E-state index contributed by atoms with van der Waals surface area (Å²) >= 11 is 0. The van der Waals surface area contributed by atoms with Gasteiger partial charge in [0.15, 0.2) is 0 Å². The molecule has 36 heavy (non-hydrogen) atoms. The number of aryl methyl sites for hydroxylation is 1. The number of hydrazine groups is 1. The lowest BCUT2D eigenvalue weighted by molar-refractivity contribution is -0.138. The topological polar surface area (TPSA) is 67.2 Å². The molecule has 1 aromatic carbocycles. The van der Waals surface area contributed by atoms with Crippen molar-refractivity contribution in [3.8, 4) is 11.6 Å². The van der Waals surface area contributed by atoms with E-state index in [1.165, 1.54) is 6.07 Å². The molecule has 5 rings (SSSR count). The monoisotopic (exact) mass is 502 g/mol. The Kier molecular flexibility index (Phi) is 6.54. The molecule has 0 saturated carbocycles. The molecule has 3 atom stereocenters. The fourth-order valence-corrected chi connectivity index (χ4v) is 4.90. The van der Waals surface area contributed by atoms with Crippen molar-refractivity contribution in [3.05, 3.63) is 77.3 Å². The number of fused-ring (bicyclic) bond motifs is 1. The Labute approximate surface area is 205 Å². The summed E-state index contributed by atoms with van der Waals surface area (Å²) in [4.78, 5) is 8.78. The third kappa shape index (κ3) is 4.86. The minimum Gasteiger partial charge on any atom is -0.479 e. The van der Waals surface area contributed by atoms with E-state index in [1.54, 1.807) is 13.4 Å². The van der Waals surface area contributed by atoms with Gasteiger partial charge in [0.05, 0.1) is 42.7 Å². The molecular formula is C25H26F4N6O. The minimum absolute atomic E-state index is 0.106. The second-order valence-electron chi connectivity index (χ2n) is 8.94. The van der Waals surface area contributed by atoms with Gasteiger partial charge in [0.25, 0.3) is 0 Å². The predicted molar refractivity (Wildman–Crippen MR) is 126 cm³/mol. The molecule has 4 heterocycles. The first-order valence-electron chi connectivity index (χ1n) is 11.6. The Balaban J connectivity index is 1.34. The van der Waals surface area contributed by atoms with Crippen LogP contribution in [-0.4, -0.2) is 45.5 Å². The molecule has 3 aromatic rings. The number of pyridine rings is 1. The summed E-state index contributed by atoms with van der Waals surface area (Å²) in [5, 5.41) is 5.29. The Morgan fingerprint density at radius 3 is 2.75 bits per heavy atom. The highest BCUT2D eigenvalue weighted by atomic mass is 19.4. The Hall–Kier alpha value is -3.28. The highest BCUT2D eigenvalue weighted by Gasteiger charge is 2.43. The predicted octanol–water partition coefficient (Wildman–Crippen LogP) is 4.40. The van der Waals surface area contributed by atoms with Crippen LogP contribution in [0.15, 0.2) is 48.9 Å². The van der Waals surface area contributed by atoms with Crippen molar-refractivity contribution in [3.63, 3.8) is 0 Å². The number of imidazole rings is 1. The summed E-state index contributed by atoms with van der Waals surface area (Å²) in [6.45, 7) is 2.58.